The number of nitrogens with one attached hydrogen (secondary N) is 1. The highest BCUT2D eigenvalue weighted by Gasteiger charge is 2.27. The van der Waals surface area contributed by atoms with Crippen molar-refractivity contribution in [3.63, 3.8) is 0 Å². The Morgan fingerprint density at radius 2 is 2.27 bits per heavy atom. The quantitative estimate of drug-likeness (QED) is 0.811. The van der Waals surface area contributed by atoms with E-state index in [1.54, 1.807) is 18.3 Å². The molecule has 1 aromatic rings. The molecule has 2 heterocycles. The third-order valence-corrected chi connectivity index (χ3v) is 1.95. The summed E-state index contributed by atoms with van der Waals surface area (Å²) in [6.45, 7) is 1.84. The fraction of sp³-hybridized carbons (Fsp3) is 0.333. The van der Waals surface area contributed by atoms with E-state index in [2.05, 4.69) is 15.5 Å². The van der Waals surface area contributed by atoms with Gasteiger partial charge < -0.3 is 4.74 Å². The normalized spacial score (nSPS) is 19.7. The maximum Gasteiger partial charge on any atom is 0.314 e. The van der Waals surface area contributed by atoms with Crippen molar-refractivity contribution in [2.24, 2.45) is 5.10 Å². The summed E-state index contributed by atoms with van der Waals surface area (Å²) in [5, 5.41) is 3.38. The lowest BCUT2D eigenvalue weighted by Gasteiger charge is -2.10. The van der Waals surface area contributed by atoms with Crippen LogP contribution in [-0.4, -0.2) is 17.3 Å². The molecule has 0 radical (unpaired) electrons. The molecule has 0 aliphatic carbocycles. The SMILES string of the molecule is Cc1ccc(C2NN=C(C(F)F)O2)cn1. The maximum absolute atomic E-state index is 12.2. The first-order valence-corrected chi connectivity index (χ1v) is 4.37. The van der Waals surface area contributed by atoms with Gasteiger partial charge in [-0.3, -0.25) is 10.4 Å². The first-order valence-electron chi connectivity index (χ1n) is 4.37. The smallest absolute Gasteiger partial charge is 0.314 e. The molecule has 6 heteroatoms. The Bertz CT molecular complexity index is 377. The molecule has 0 aromatic carbocycles. The molecule has 1 atom stereocenters. The van der Waals surface area contributed by atoms with Crippen LogP contribution in [-0.2, 0) is 4.74 Å². The summed E-state index contributed by atoms with van der Waals surface area (Å²) in [5.41, 5.74) is 3.99. The van der Waals surface area contributed by atoms with Crippen molar-refractivity contribution in [3.05, 3.63) is 29.6 Å². The lowest BCUT2D eigenvalue weighted by molar-refractivity contribution is 0.134. The van der Waals surface area contributed by atoms with Crippen LogP contribution < -0.4 is 5.43 Å². The van der Waals surface area contributed by atoms with Gasteiger partial charge in [-0.05, 0) is 19.1 Å². The van der Waals surface area contributed by atoms with Gasteiger partial charge in [0.05, 0.1) is 0 Å². The number of hydrogen-bond donors (Lipinski definition) is 1. The summed E-state index contributed by atoms with van der Waals surface area (Å²) in [7, 11) is 0. The minimum Gasteiger partial charge on any atom is -0.446 e. The van der Waals surface area contributed by atoms with Gasteiger partial charge in [-0.2, -0.15) is 8.78 Å². The topological polar surface area (TPSA) is 46.5 Å². The van der Waals surface area contributed by atoms with Crippen molar-refractivity contribution in [3.8, 4) is 0 Å². The zero-order valence-corrected chi connectivity index (χ0v) is 7.95. The summed E-state index contributed by atoms with van der Waals surface area (Å²) in [4.78, 5) is 4.04. The van der Waals surface area contributed by atoms with Gasteiger partial charge >= 0.3 is 6.43 Å². The van der Waals surface area contributed by atoms with E-state index in [4.69, 9.17) is 4.74 Å². The first-order chi connectivity index (χ1) is 7.16. The highest BCUT2D eigenvalue weighted by Crippen LogP contribution is 2.20. The van der Waals surface area contributed by atoms with E-state index in [-0.39, 0.29) is 0 Å². The molecule has 15 heavy (non-hydrogen) atoms. The van der Waals surface area contributed by atoms with Crippen LogP contribution >= 0.6 is 0 Å². The maximum atomic E-state index is 12.2. The summed E-state index contributed by atoms with van der Waals surface area (Å²) in [6, 6.07) is 3.53. The third-order valence-electron chi connectivity index (χ3n) is 1.95. The molecule has 1 aliphatic heterocycles. The molecule has 0 amide bonds. The van der Waals surface area contributed by atoms with Crippen molar-refractivity contribution in [1.29, 1.82) is 0 Å². The Morgan fingerprint density at radius 1 is 1.47 bits per heavy atom. The number of halogens is 2. The Kier molecular flexibility index (Phi) is 2.49. The van der Waals surface area contributed by atoms with Gasteiger partial charge in [-0.15, -0.1) is 5.10 Å². The molecule has 0 fully saturated rings. The fourth-order valence-electron chi connectivity index (χ4n) is 1.17. The van der Waals surface area contributed by atoms with Crippen LogP contribution in [0.3, 0.4) is 0 Å². The average Bonchev–Trinajstić information content (AvgIpc) is 2.68. The summed E-state index contributed by atoms with van der Waals surface area (Å²) in [5.74, 6) is -0.583. The zero-order chi connectivity index (χ0) is 10.8. The molecule has 1 aliphatic rings. The van der Waals surface area contributed by atoms with E-state index in [9.17, 15) is 8.78 Å². The number of hydrogen-bond acceptors (Lipinski definition) is 4. The molecular formula is C9H9F2N3O. The average molecular weight is 213 g/mol. The number of hydrazone groups is 1. The van der Waals surface area contributed by atoms with E-state index in [1.165, 1.54) is 0 Å². The molecule has 0 saturated carbocycles. The second-order valence-electron chi connectivity index (χ2n) is 3.11. The lowest BCUT2D eigenvalue weighted by atomic mass is 10.2. The van der Waals surface area contributed by atoms with E-state index in [1.807, 2.05) is 6.92 Å². The summed E-state index contributed by atoms with van der Waals surface area (Å²) >= 11 is 0. The Labute approximate surface area is 85.0 Å². The van der Waals surface area contributed by atoms with E-state index < -0.39 is 18.6 Å². The van der Waals surface area contributed by atoms with Gasteiger partial charge in [0.1, 0.15) is 0 Å². The highest BCUT2D eigenvalue weighted by molar-refractivity contribution is 5.80. The van der Waals surface area contributed by atoms with Gasteiger partial charge in [0.25, 0.3) is 5.90 Å². The van der Waals surface area contributed by atoms with Crippen molar-refractivity contribution < 1.29 is 13.5 Å². The van der Waals surface area contributed by atoms with E-state index in [0.29, 0.717) is 5.56 Å². The van der Waals surface area contributed by atoms with Crippen molar-refractivity contribution in [2.75, 3.05) is 0 Å². The molecule has 80 valence electrons. The van der Waals surface area contributed by atoms with E-state index >= 15 is 0 Å². The Balaban J connectivity index is 2.07. The molecule has 0 spiro atoms. The number of pyridine rings is 1. The van der Waals surface area contributed by atoms with Crippen molar-refractivity contribution >= 4 is 5.90 Å². The predicted octanol–water partition coefficient (Wildman–Crippen LogP) is 1.59. The van der Waals surface area contributed by atoms with Crippen LogP contribution in [0, 0.1) is 6.92 Å². The van der Waals surface area contributed by atoms with Gasteiger partial charge in [0.15, 0.2) is 0 Å². The molecule has 1 aromatic heterocycles. The molecule has 4 nitrogen and oxygen atoms in total. The third kappa shape index (κ3) is 2.03. The molecule has 1 N–H and O–H groups in total. The zero-order valence-electron chi connectivity index (χ0n) is 7.95. The van der Waals surface area contributed by atoms with Crippen LogP contribution in [0.1, 0.15) is 17.5 Å². The van der Waals surface area contributed by atoms with Gasteiger partial charge in [0.2, 0.25) is 6.23 Å². The largest absolute Gasteiger partial charge is 0.446 e. The number of aromatic nitrogens is 1. The van der Waals surface area contributed by atoms with Crippen molar-refractivity contribution in [2.45, 2.75) is 19.6 Å². The van der Waals surface area contributed by atoms with Crippen LogP contribution in [0.4, 0.5) is 8.78 Å². The minimum atomic E-state index is -2.69. The monoisotopic (exact) mass is 213 g/mol. The number of rotatable bonds is 2. The second kappa shape index (κ2) is 3.80. The van der Waals surface area contributed by atoms with E-state index in [0.717, 1.165) is 5.69 Å². The summed E-state index contributed by atoms with van der Waals surface area (Å²) < 4.78 is 29.3. The minimum absolute atomic E-state index is 0.583. The molecule has 2 rings (SSSR count). The Hall–Kier alpha value is -1.72. The number of aryl methyl sites for hydroxylation is 1. The molecule has 0 saturated heterocycles. The molecule has 1 unspecified atom stereocenters. The predicted molar refractivity (Wildman–Crippen MR) is 49.4 cm³/mol. The highest BCUT2D eigenvalue weighted by atomic mass is 19.3. The summed E-state index contributed by atoms with van der Waals surface area (Å²) in [6.07, 6.45) is -1.79. The van der Waals surface area contributed by atoms with Crippen LogP contribution in [0.5, 0.6) is 0 Å². The Morgan fingerprint density at radius 3 is 2.80 bits per heavy atom. The lowest BCUT2D eigenvalue weighted by Crippen LogP contribution is -2.15. The van der Waals surface area contributed by atoms with Crippen LogP contribution in [0.25, 0.3) is 0 Å². The van der Waals surface area contributed by atoms with Gasteiger partial charge in [-0.25, -0.2) is 0 Å². The van der Waals surface area contributed by atoms with Gasteiger partial charge in [0, 0.05) is 17.5 Å². The fourth-order valence-corrected chi connectivity index (χ4v) is 1.17. The molecular weight excluding hydrogens is 204 g/mol. The van der Waals surface area contributed by atoms with Crippen LogP contribution in [0.2, 0.25) is 0 Å². The van der Waals surface area contributed by atoms with Gasteiger partial charge in [-0.1, -0.05) is 0 Å². The van der Waals surface area contributed by atoms with Crippen LogP contribution in [0.15, 0.2) is 23.4 Å². The van der Waals surface area contributed by atoms with Crippen molar-refractivity contribution in [1.82, 2.24) is 10.4 Å². The standard InChI is InChI=1S/C9H9F2N3O/c1-5-2-3-6(4-12-5)8-13-14-9(15-8)7(10)11/h2-4,7-8,13H,1H3. The number of ether oxygens (including phenoxy) is 1. The number of nitrogens with zero attached hydrogens (tertiary/aromatic N) is 2. The number of alkyl halides is 2. The second-order valence-corrected chi connectivity index (χ2v) is 3.11. The molecule has 0 bridgehead atoms. The first kappa shape index (κ1) is 9.82.